The molecule has 1 rings (SSSR count). The summed E-state index contributed by atoms with van der Waals surface area (Å²) < 4.78 is 0. The molecule has 0 saturated carbocycles. The molecule has 4 heteroatoms. The number of carbonyl (C=O) groups excluding carboxylic acids is 1. The number of rotatable bonds is 8. The molecule has 0 saturated heterocycles. The summed E-state index contributed by atoms with van der Waals surface area (Å²) in [4.78, 5) is 16.4. The molecule has 0 heterocycles. The lowest BCUT2D eigenvalue weighted by molar-refractivity contribution is -0.133. The molecule has 0 fully saturated rings. The lowest BCUT2D eigenvalue weighted by atomic mass is 10.1. The number of hydrogen-bond acceptors (Lipinski definition) is 3. The van der Waals surface area contributed by atoms with Crippen LogP contribution in [0.3, 0.4) is 0 Å². The zero-order valence-corrected chi connectivity index (χ0v) is 12.9. The Morgan fingerprint density at radius 3 is 2.40 bits per heavy atom. The lowest BCUT2D eigenvalue weighted by Crippen LogP contribution is -2.45. The quantitative estimate of drug-likeness (QED) is 0.787. The van der Waals surface area contributed by atoms with Gasteiger partial charge in [0.2, 0.25) is 5.91 Å². The van der Waals surface area contributed by atoms with Crippen LogP contribution in [0.4, 0.5) is 0 Å². The summed E-state index contributed by atoms with van der Waals surface area (Å²) in [5.41, 5.74) is 7.13. The molecule has 1 amide bonds. The van der Waals surface area contributed by atoms with Crippen molar-refractivity contribution >= 4 is 5.91 Å². The molecule has 1 atom stereocenters. The Morgan fingerprint density at radius 1 is 1.20 bits per heavy atom. The van der Waals surface area contributed by atoms with E-state index in [1.165, 1.54) is 0 Å². The molecule has 2 N–H and O–H groups in total. The first kappa shape index (κ1) is 16.7. The summed E-state index contributed by atoms with van der Waals surface area (Å²) in [5, 5.41) is 0. The van der Waals surface area contributed by atoms with E-state index >= 15 is 0 Å². The predicted octanol–water partition coefficient (Wildman–Crippen LogP) is 1.70. The molecule has 4 nitrogen and oxygen atoms in total. The normalized spacial score (nSPS) is 12.4. The summed E-state index contributed by atoms with van der Waals surface area (Å²) in [6.45, 7) is 4.23. The minimum absolute atomic E-state index is 0.0533. The molecule has 1 aromatic rings. The molecule has 0 radical (unpaired) electrons. The Balaban J connectivity index is 2.71. The summed E-state index contributed by atoms with van der Waals surface area (Å²) in [7, 11) is 4.02. The number of nitrogens with zero attached hydrogens (tertiary/aromatic N) is 2. The van der Waals surface area contributed by atoms with Crippen molar-refractivity contribution in [1.82, 2.24) is 9.80 Å². The maximum atomic E-state index is 12.4. The predicted molar refractivity (Wildman–Crippen MR) is 83.3 cm³/mol. The molecule has 112 valence electrons. The van der Waals surface area contributed by atoms with Crippen LogP contribution in [0, 0.1) is 0 Å². The Bertz CT molecular complexity index is 392. The van der Waals surface area contributed by atoms with E-state index < -0.39 is 0 Å². The molecule has 0 aliphatic carbocycles. The SMILES string of the molecule is CCCC(N)C(=O)N(CCN(C)C)Cc1ccccc1. The third-order valence-corrected chi connectivity index (χ3v) is 3.26. The molecular formula is C16H27N3O. The van der Waals surface area contributed by atoms with Crippen molar-refractivity contribution in [1.29, 1.82) is 0 Å². The van der Waals surface area contributed by atoms with E-state index in [2.05, 4.69) is 11.8 Å². The second-order valence-electron chi connectivity index (χ2n) is 5.44. The van der Waals surface area contributed by atoms with Crippen molar-refractivity contribution in [3.63, 3.8) is 0 Å². The van der Waals surface area contributed by atoms with Gasteiger partial charge in [-0.25, -0.2) is 0 Å². The van der Waals surface area contributed by atoms with Gasteiger partial charge in [-0.15, -0.1) is 0 Å². The lowest BCUT2D eigenvalue weighted by Gasteiger charge is -2.27. The van der Waals surface area contributed by atoms with Gasteiger partial charge in [-0.2, -0.15) is 0 Å². The second-order valence-corrected chi connectivity index (χ2v) is 5.44. The Hall–Kier alpha value is -1.39. The maximum Gasteiger partial charge on any atom is 0.239 e. The molecule has 1 aromatic carbocycles. The number of hydrogen-bond donors (Lipinski definition) is 1. The molecule has 0 aliphatic rings. The van der Waals surface area contributed by atoms with E-state index in [9.17, 15) is 4.79 Å². The highest BCUT2D eigenvalue weighted by Crippen LogP contribution is 2.08. The van der Waals surface area contributed by atoms with Crippen LogP contribution in [-0.2, 0) is 11.3 Å². The highest BCUT2D eigenvalue weighted by atomic mass is 16.2. The Labute approximate surface area is 122 Å². The zero-order valence-electron chi connectivity index (χ0n) is 12.9. The summed E-state index contributed by atoms with van der Waals surface area (Å²) >= 11 is 0. The fourth-order valence-electron chi connectivity index (χ4n) is 2.06. The topological polar surface area (TPSA) is 49.6 Å². The molecule has 0 aliphatic heterocycles. The van der Waals surface area contributed by atoms with Crippen molar-refractivity contribution in [2.75, 3.05) is 27.2 Å². The van der Waals surface area contributed by atoms with Gasteiger partial charge in [-0.3, -0.25) is 4.79 Å². The number of amides is 1. The molecule has 0 spiro atoms. The zero-order chi connectivity index (χ0) is 15.0. The average molecular weight is 277 g/mol. The molecular weight excluding hydrogens is 250 g/mol. The third kappa shape index (κ3) is 5.72. The van der Waals surface area contributed by atoms with Crippen LogP contribution < -0.4 is 5.73 Å². The minimum Gasteiger partial charge on any atom is -0.336 e. The van der Waals surface area contributed by atoms with Crippen molar-refractivity contribution in [2.24, 2.45) is 5.73 Å². The van der Waals surface area contributed by atoms with Crippen LogP contribution in [0.15, 0.2) is 30.3 Å². The van der Waals surface area contributed by atoms with Gasteiger partial charge in [-0.1, -0.05) is 43.7 Å². The van der Waals surface area contributed by atoms with Gasteiger partial charge in [0, 0.05) is 19.6 Å². The van der Waals surface area contributed by atoms with Crippen LogP contribution >= 0.6 is 0 Å². The first-order valence-electron chi connectivity index (χ1n) is 7.27. The monoisotopic (exact) mass is 277 g/mol. The van der Waals surface area contributed by atoms with Crippen LogP contribution in [-0.4, -0.2) is 48.9 Å². The highest BCUT2D eigenvalue weighted by Gasteiger charge is 2.20. The maximum absolute atomic E-state index is 12.4. The number of carbonyl (C=O) groups is 1. The van der Waals surface area contributed by atoms with Gasteiger partial charge in [0.25, 0.3) is 0 Å². The third-order valence-electron chi connectivity index (χ3n) is 3.26. The first-order valence-corrected chi connectivity index (χ1v) is 7.27. The van der Waals surface area contributed by atoms with Gasteiger partial charge < -0.3 is 15.5 Å². The Morgan fingerprint density at radius 2 is 1.85 bits per heavy atom. The second kappa shape index (κ2) is 8.72. The van der Waals surface area contributed by atoms with Crippen LogP contribution in [0.1, 0.15) is 25.3 Å². The van der Waals surface area contributed by atoms with Gasteiger partial charge in [0.1, 0.15) is 0 Å². The summed E-state index contributed by atoms with van der Waals surface area (Å²) in [6.07, 6.45) is 1.67. The van der Waals surface area contributed by atoms with E-state index in [4.69, 9.17) is 5.73 Å². The van der Waals surface area contributed by atoms with E-state index in [0.717, 1.165) is 24.9 Å². The van der Waals surface area contributed by atoms with Crippen LogP contribution in [0.5, 0.6) is 0 Å². The van der Waals surface area contributed by atoms with Gasteiger partial charge in [0.15, 0.2) is 0 Å². The van der Waals surface area contributed by atoms with Gasteiger partial charge in [-0.05, 0) is 26.1 Å². The number of likely N-dealkylation sites (N-methyl/N-ethyl adjacent to an activating group) is 1. The van der Waals surface area contributed by atoms with E-state index in [0.29, 0.717) is 13.1 Å². The van der Waals surface area contributed by atoms with Gasteiger partial charge in [0.05, 0.1) is 6.04 Å². The molecule has 0 bridgehead atoms. The smallest absolute Gasteiger partial charge is 0.239 e. The van der Waals surface area contributed by atoms with Crippen molar-refractivity contribution in [3.05, 3.63) is 35.9 Å². The first-order chi connectivity index (χ1) is 9.54. The number of benzene rings is 1. The summed E-state index contributed by atoms with van der Waals surface area (Å²) in [5.74, 6) is 0.0533. The largest absolute Gasteiger partial charge is 0.336 e. The van der Waals surface area contributed by atoms with Gasteiger partial charge >= 0.3 is 0 Å². The van der Waals surface area contributed by atoms with Crippen LogP contribution in [0.25, 0.3) is 0 Å². The standard InChI is InChI=1S/C16H27N3O/c1-4-8-15(17)16(20)19(12-11-18(2)3)13-14-9-6-5-7-10-14/h5-7,9-10,15H,4,8,11-13,17H2,1-3H3. The molecule has 0 aromatic heterocycles. The summed E-state index contributed by atoms with van der Waals surface area (Å²) in [6, 6.07) is 9.68. The van der Waals surface area contributed by atoms with E-state index in [-0.39, 0.29) is 11.9 Å². The molecule has 1 unspecified atom stereocenters. The fraction of sp³-hybridized carbons (Fsp3) is 0.562. The highest BCUT2D eigenvalue weighted by molar-refractivity contribution is 5.81. The van der Waals surface area contributed by atoms with E-state index in [1.807, 2.05) is 49.3 Å². The van der Waals surface area contributed by atoms with Crippen LogP contribution in [0.2, 0.25) is 0 Å². The molecule has 20 heavy (non-hydrogen) atoms. The number of nitrogens with two attached hydrogens (primary N) is 1. The van der Waals surface area contributed by atoms with Crippen molar-refractivity contribution in [3.8, 4) is 0 Å². The average Bonchev–Trinajstić information content (AvgIpc) is 2.44. The van der Waals surface area contributed by atoms with E-state index in [1.54, 1.807) is 0 Å². The minimum atomic E-state index is -0.383. The fourth-order valence-corrected chi connectivity index (χ4v) is 2.06. The van der Waals surface area contributed by atoms with Crippen molar-refractivity contribution < 1.29 is 4.79 Å². The van der Waals surface area contributed by atoms with Crippen molar-refractivity contribution in [2.45, 2.75) is 32.4 Å². The Kier molecular flexibility index (Phi) is 7.26.